The lowest BCUT2D eigenvalue weighted by Gasteiger charge is -2.20. The normalized spacial score (nSPS) is 23.0. The number of nitrogens with one attached hydrogen (secondary N) is 2. The number of nitrogens with zero attached hydrogens (tertiary/aromatic N) is 2. The molecule has 2 unspecified atom stereocenters. The third-order valence-corrected chi connectivity index (χ3v) is 5.97. The number of para-hydroxylation sites is 1. The van der Waals surface area contributed by atoms with Crippen molar-refractivity contribution in [3.05, 3.63) is 75.1 Å². The maximum absolute atomic E-state index is 12.4. The van der Waals surface area contributed by atoms with Crippen molar-refractivity contribution in [2.75, 3.05) is 18.6 Å². The van der Waals surface area contributed by atoms with Crippen LogP contribution in [0.3, 0.4) is 0 Å². The molecular weight excluding hydrogens is 483 g/mol. The number of hydrogen-bond donors (Lipinski definition) is 5. The van der Waals surface area contributed by atoms with Gasteiger partial charge in [-0.3, -0.25) is 28.8 Å². The summed E-state index contributed by atoms with van der Waals surface area (Å²) in [4.78, 5) is 35.8. The van der Waals surface area contributed by atoms with Gasteiger partial charge in [0.2, 0.25) is 0 Å². The van der Waals surface area contributed by atoms with E-state index in [1.807, 2.05) is 30.3 Å². The van der Waals surface area contributed by atoms with Gasteiger partial charge in [-0.25, -0.2) is 9.36 Å². The van der Waals surface area contributed by atoms with Gasteiger partial charge in [-0.1, -0.05) is 24.3 Å². The predicted molar refractivity (Wildman–Crippen MR) is 126 cm³/mol. The second-order valence-corrected chi connectivity index (χ2v) is 9.05. The first kappa shape index (κ1) is 26.7. The zero-order chi connectivity index (χ0) is 25.4. The van der Waals surface area contributed by atoms with Crippen molar-refractivity contribution in [3.63, 3.8) is 0 Å². The van der Waals surface area contributed by atoms with E-state index in [0.717, 1.165) is 10.3 Å². The molecule has 2 aromatic rings. The first-order valence-corrected chi connectivity index (χ1v) is 12.1. The summed E-state index contributed by atoms with van der Waals surface area (Å²) in [5.74, 6) is 0. The van der Waals surface area contributed by atoms with Gasteiger partial charge in [0.05, 0.1) is 25.0 Å². The second kappa shape index (κ2) is 12.2. The van der Waals surface area contributed by atoms with E-state index < -0.39 is 56.8 Å². The minimum Gasteiger partial charge on any atom is -0.394 e. The summed E-state index contributed by atoms with van der Waals surface area (Å²) in [5.41, 5.74) is 2.54. The van der Waals surface area contributed by atoms with E-state index in [0.29, 0.717) is 0 Å². The van der Waals surface area contributed by atoms with Crippen LogP contribution in [-0.2, 0) is 18.3 Å². The molecule has 0 bridgehead atoms. The molecule has 1 fully saturated rings. The molecule has 0 aliphatic carbocycles. The molecule has 0 spiro atoms. The molecular formula is C21H27N4O9P. The fourth-order valence-corrected chi connectivity index (χ4v) is 4.19. The summed E-state index contributed by atoms with van der Waals surface area (Å²) in [5, 5.41) is 23.4. The lowest BCUT2D eigenvalue weighted by atomic mass is 10.2. The molecule has 0 radical (unpaired) electrons. The summed E-state index contributed by atoms with van der Waals surface area (Å²) < 4.78 is 29.0. The molecule has 1 aromatic carbocycles. The van der Waals surface area contributed by atoms with Crippen LogP contribution in [0.25, 0.3) is 0 Å². The van der Waals surface area contributed by atoms with Gasteiger partial charge >= 0.3 is 13.5 Å². The minimum absolute atomic E-state index is 0.0716. The van der Waals surface area contributed by atoms with Crippen LogP contribution >= 0.6 is 7.82 Å². The van der Waals surface area contributed by atoms with Gasteiger partial charge < -0.3 is 19.8 Å². The molecule has 14 heteroatoms. The van der Waals surface area contributed by atoms with Crippen LogP contribution in [0.15, 0.2) is 63.4 Å². The van der Waals surface area contributed by atoms with Gasteiger partial charge in [0, 0.05) is 24.4 Å². The largest absolute Gasteiger partial charge is 0.472 e. The average molecular weight is 510 g/mol. The minimum atomic E-state index is -4.65. The Balaban J connectivity index is 1.51. The second-order valence-electron chi connectivity index (χ2n) is 7.64. The number of phosphoric acid groups is 1. The molecule has 5 atom stereocenters. The first-order valence-electron chi connectivity index (χ1n) is 10.6. The van der Waals surface area contributed by atoms with Crippen molar-refractivity contribution in [1.82, 2.24) is 9.55 Å². The molecule has 5 N–H and O–H groups in total. The van der Waals surface area contributed by atoms with Crippen molar-refractivity contribution in [1.29, 1.82) is 0 Å². The molecule has 2 heterocycles. The van der Waals surface area contributed by atoms with Gasteiger partial charge in [0.25, 0.3) is 5.56 Å². The zero-order valence-electron chi connectivity index (χ0n) is 18.8. The summed E-state index contributed by atoms with van der Waals surface area (Å²) in [6.07, 6.45) is 1.03. The summed E-state index contributed by atoms with van der Waals surface area (Å²) in [7, 11) is -4.65. The van der Waals surface area contributed by atoms with Crippen LogP contribution in [0.2, 0.25) is 0 Å². The van der Waals surface area contributed by atoms with Gasteiger partial charge in [-0.15, -0.1) is 0 Å². The number of allylic oxidation sites excluding steroid dienone is 1. The maximum Gasteiger partial charge on any atom is 0.472 e. The van der Waals surface area contributed by atoms with E-state index >= 15 is 0 Å². The summed E-state index contributed by atoms with van der Waals surface area (Å²) in [6, 6.07) is 9.19. The number of aliphatic hydroxyl groups excluding tert-OH is 2. The molecule has 0 saturated carbocycles. The molecule has 3 rings (SSSR count). The molecule has 13 nitrogen and oxygen atoms in total. The number of hydrogen-bond acceptors (Lipinski definition) is 10. The van der Waals surface area contributed by atoms with E-state index in [-0.39, 0.29) is 12.0 Å². The van der Waals surface area contributed by atoms with Crippen LogP contribution in [0.1, 0.15) is 18.2 Å². The number of aromatic amines is 1. The number of aliphatic hydroxyl groups is 2. The molecule has 1 aliphatic rings. The highest BCUT2D eigenvalue weighted by Crippen LogP contribution is 2.48. The SMILES string of the molecule is Cc1cn([C@H]2C[C@H](OP(=O)(O)OCC(O)/C=C\C=N\Nc3ccccc3)[C@@H](CO)O2)c(=O)[nH]c1=O. The van der Waals surface area contributed by atoms with Crippen LogP contribution < -0.4 is 16.7 Å². The molecule has 35 heavy (non-hydrogen) atoms. The number of aryl methyl sites for hydroxylation is 1. The predicted octanol–water partition coefficient (Wildman–Crippen LogP) is 0.642. The number of aromatic nitrogens is 2. The smallest absolute Gasteiger partial charge is 0.394 e. The molecule has 0 amide bonds. The van der Waals surface area contributed by atoms with E-state index in [1.165, 1.54) is 31.5 Å². The van der Waals surface area contributed by atoms with E-state index in [4.69, 9.17) is 13.8 Å². The molecule has 1 aromatic heterocycles. The number of H-pyrrole nitrogens is 1. The molecule has 190 valence electrons. The van der Waals surface area contributed by atoms with E-state index in [2.05, 4.69) is 15.5 Å². The number of hydrazone groups is 1. The number of anilines is 1. The zero-order valence-corrected chi connectivity index (χ0v) is 19.7. The Morgan fingerprint density at radius 1 is 1.37 bits per heavy atom. The topological polar surface area (TPSA) is 185 Å². The van der Waals surface area contributed by atoms with Crippen molar-refractivity contribution >= 4 is 19.7 Å². The quantitative estimate of drug-likeness (QED) is 0.163. The maximum atomic E-state index is 12.4. The molecule has 1 saturated heterocycles. The first-order chi connectivity index (χ1) is 16.7. The Kier molecular flexibility index (Phi) is 9.29. The van der Waals surface area contributed by atoms with Crippen LogP contribution in [0, 0.1) is 6.92 Å². The van der Waals surface area contributed by atoms with Crippen LogP contribution in [0.5, 0.6) is 0 Å². The van der Waals surface area contributed by atoms with Crippen molar-refractivity contribution in [3.8, 4) is 0 Å². The van der Waals surface area contributed by atoms with Gasteiger partial charge in [0.15, 0.2) is 0 Å². The van der Waals surface area contributed by atoms with Gasteiger partial charge in [-0.05, 0) is 25.1 Å². The van der Waals surface area contributed by atoms with Crippen LogP contribution in [-0.4, -0.2) is 62.4 Å². The lowest BCUT2D eigenvalue weighted by molar-refractivity contribution is -0.0470. The van der Waals surface area contributed by atoms with Crippen molar-refractivity contribution in [2.24, 2.45) is 5.10 Å². The lowest BCUT2D eigenvalue weighted by Crippen LogP contribution is -2.33. The van der Waals surface area contributed by atoms with E-state index in [9.17, 15) is 29.3 Å². The molecule has 1 aliphatic heterocycles. The highest BCUT2D eigenvalue weighted by atomic mass is 31.2. The Labute approximate surface area is 199 Å². The Morgan fingerprint density at radius 3 is 2.83 bits per heavy atom. The standard InChI is InChI=1S/C21H27N4O9P/c1-14-11-25(21(29)23-20(14)28)19-10-17(18(12-26)33-19)34-35(30,31)32-13-16(27)8-5-9-22-24-15-6-3-2-4-7-15/h2-9,11,16-19,24,26-27H,10,12-13H2,1H3,(H,30,31)(H,23,28,29)/b8-5-,22-9+/t16?,17-,18+,19+/m0/s1. The van der Waals surface area contributed by atoms with Crippen molar-refractivity contribution < 1.29 is 33.5 Å². The van der Waals surface area contributed by atoms with Gasteiger partial charge in [-0.2, -0.15) is 5.10 Å². The fourth-order valence-electron chi connectivity index (χ4n) is 3.22. The Morgan fingerprint density at radius 2 is 2.11 bits per heavy atom. The number of ether oxygens (including phenoxy) is 1. The van der Waals surface area contributed by atoms with Gasteiger partial charge in [0.1, 0.15) is 18.4 Å². The average Bonchev–Trinajstić information content (AvgIpc) is 3.22. The van der Waals surface area contributed by atoms with E-state index in [1.54, 1.807) is 0 Å². The number of benzene rings is 1. The third-order valence-electron chi connectivity index (χ3n) is 4.95. The highest BCUT2D eigenvalue weighted by molar-refractivity contribution is 7.47. The summed E-state index contributed by atoms with van der Waals surface area (Å²) in [6.45, 7) is 0.395. The number of phosphoric ester groups is 1. The third kappa shape index (κ3) is 7.80. The monoisotopic (exact) mass is 510 g/mol. The fraction of sp³-hybridized carbons (Fsp3) is 0.381. The Hall–Kier alpha value is -2.90. The number of rotatable bonds is 11. The van der Waals surface area contributed by atoms with Crippen LogP contribution in [0.4, 0.5) is 5.69 Å². The summed E-state index contributed by atoms with van der Waals surface area (Å²) >= 11 is 0. The Bertz CT molecular complexity index is 1200. The van der Waals surface area contributed by atoms with Crippen molar-refractivity contribution in [2.45, 2.75) is 37.9 Å². The highest BCUT2D eigenvalue weighted by Gasteiger charge is 2.41.